The first-order chi connectivity index (χ1) is 16.6. The number of ether oxygens (including phenoxy) is 3. The van der Waals surface area contributed by atoms with Gasteiger partial charge >= 0.3 is 11.9 Å². The number of cyclic esters (lactones) is 1. The van der Waals surface area contributed by atoms with Gasteiger partial charge in [0.05, 0.1) is 29.3 Å². The van der Waals surface area contributed by atoms with Crippen molar-refractivity contribution >= 4 is 11.9 Å². The van der Waals surface area contributed by atoms with E-state index in [2.05, 4.69) is 13.8 Å². The van der Waals surface area contributed by atoms with Gasteiger partial charge in [0, 0.05) is 18.4 Å². The van der Waals surface area contributed by atoms with E-state index >= 15 is 0 Å². The average Bonchev–Trinajstić information content (AvgIpc) is 3.22. The first kappa shape index (κ1) is 23.3. The molecule has 7 nitrogen and oxygen atoms in total. The van der Waals surface area contributed by atoms with Gasteiger partial charge in [-0.2, -0.15) is 0 Å². The molecule has 2 heterocycles. The summed E-state index contributed by atoms with van der Waals surface area (Å²) in [6.45, 7) is 6.08. The van der Waals surface area contributed by atoms with Crippen LogP contribution in [0.2, 0.25) is 0 Å². The highest BCUT2D eigenvalue weighted by molar-refractivity contribution is 5.85. The highest BCUT2D eigenvalue weighted by atomic mass is 16.5. The lowest BCUT2D eigenvalue weighted by molar-refractivity contribution is -0.379. The standard InChI is InChI=1S/C28H36O7/c1-17(29)35-22-14-25(3)11-8-21(31)28-20(30)7-10-24(2)9-4-5-19(27(22,24)28)16-34-26(25,28)12-6-18-13-23(32)33-15-18/h8,11,13,16,20-22,30-31H,4-7,9-10,12,14-15H2,1-3H3/t20-,21-,22+,24+,25-,26+,27-,28-/m0/s1. The highest BCUT2D eigenvalue weighted by Gasteiger charge is 2.87. The van der Waals surface area contributed by atoms with Crippen LogP contribution in [-0.4, -0.2) is 52.7 Å². The molecule has 6 aliphatic rings. The molecule has 6 rings (SSSR count). The summed E-state index contributed by atoms with van der Waals surface area (Å²) in [5.41, 5.74) is -1.72. The molecule has 7 heteroatoms. The third-order valence-corrected chi connectivity index (χ3v) is 10.8. The fourth-order valence-electron chi connectivity index (χ4n) is 9.77. The molecule has 8 atom stereocenters. The van der Waals surface area contributed by atoms with Gasteiger partial charge in [0.2, 0.25) is 0 Å². The van der Waals surface area contributed by atoms with Gasteiger partial charge in [-0.1, -0.05) is 26.0 Å². The van der Waals surface area contributed by atoms with Crippen LogP contribution in [-0.2, 0) is 23.8 Å². The van der Waals surface area contributed by atoms with Crippen molar-refractivity contribution in [3.63, 3.8) is 0 Å². The molecule has 0 aromatic rings. The Balaban J connectivity index is 1.63. The maximum Gasteiger partial charge on any atom is 0.331 e. The maximum absolute atomic E-state index is 12.5. The number of hydrogen-bond acceptors (Lipinski definition) is 7. The van der Waals surface area contributed by atoms with E-state index in [-0.39, 0.29) is 24.0 Å². The average molecular weight is 485 g/mol. The Morgan fingerprint density at radius 2 is 2.06 bits per heavy atom. The molecule has 0 aromatic carbocycles. The van der Waals surface area contributed by atoms with Crippen LogP contribution in [0, 0.1) is 21.7 Å². The molecule has 3 saturated carbocycles. The van der Waals surface area contributed by atoms with Gasteiger partial charge in [0.25, 0.3) is 0 Å². The fraction of sp³-hybridized carbons (Fsp3) is 0.714. The first-order valence-electron chi connectivity index (χ1n) is 13.0. The summed E-state index contributed by atoms with van der Waals surface area (Å²) in [7, 11) is 0. The largest absolute Gasteiger partial charge is 0.493 e. The zero-order valence-corrected chi connectivity index (χ0v) is 20.8. The molecule has 0 amide bonds. The van der Waals surface area contributed by atoms with Crippen LogP contribution in [0.4, 0.5) is 0 Å². The smallest absolute Gasteiger partial charge is 0.331 e. The van der Waals surface area contributed by atoms with Crippen molar-refractivity contribution in [2.75, 3.05) is 6.61 Å². The van der Waals surface area contributed by atoms with Crippen LogP contribution >= 0.6 is 0 Å². The van der Waals surface area contributed by atoms with E-state index < -0.39 is 40.2 Å². The minimum absolute atomic E-state index is 0.263. The van der Waals surface area contributed by atoms with Gasteiger partial charge in [0.15, 0.2) is 0 Å². The Labute approximate surface area is 206 Å². The molecule has 0 unspecified atom stereocenters. The molecule has 0 aromatic heterocycles. The molecular weight excluding hydrogens is 448 g/mol. The lowest BCUT2D eigenvalue weighted by Crippen LogP contribution is -2.86. The van der Waals surface area contributed by atoms with Gasteiger partial charge in [-0.05, 0) is 67.9 Å². The van der Waals surface area contributed by atoms with E-state index in [1.165, 1.54) is 6.92 Å². The monoisotopic (exact) mass is 484 g/mol. The Morgan fingerprint density at radius 3 is 2.77 bits per heavy atom. The number of carbonyl (C=O) groups excluding carboxylic acids is 2. The summed E-state index contributed by atoms with van der Waals surface area (Å²) in [6.07, 6.45) is 10.7. The van der Waals surface area contributed by atoms with Crippen molar-refractivity contribution in [2.24, 2.45) is 21.7 Å². The van der Waals surface area contributed by atoms with Crippen LogP contribution in [0.15, 0.2) is 35.6 Å². The number of aliphatic hydroxyl groups excluding tert-OH is 2. The van der Waals surface area contributed by atoms with Gasteiger partial charge in [0.1, 0.15) is 18.3 Å². The molecule has 0 radical (unpaired) electrons. The number of hydrogen-bond donors (Lipinski definition) is 2. The Kier molecular flexibility index (Phi) is 4.81. The van der Waals surface area contributed by atoms with Gasteiger partial charge < -0.3 is 24.4 Å². The van der Waals surface area contributed by atoms with Crippen LogP contribution in [0.3, 0.4) is 0 Å². The summed E-state index contributed by atoms with van der Waals surface area (Å²) in [5, 5.41) is 24.1. The minimum Gasteiger partial charge on any atom is -0.493 e. The summed E-state index contributed by atoms with van der Waals surface area (Å²) < 4.78 is 18.2. The van der Waals surface area contributed by atoms with Crippen molar-refractivity contribution in [3.05, 3.63) is 35.6 Å². The molecule has 190 valence electrons. The Hall–Kier alpha value is -2.12. The van der Waals surface area contributed by atoms with Gasteiger partial charge in [-0.25, -0.2) is 4.79 Å². The molecule has 4 bridgehead atoms. The van der Waals surface area contributed by atoms with Crippen molar-refractivity contribution in [1.82, 2.24) is 0 Å². The fourth-order valence-corrected chi connectivity index (χ4v) is 9.77. The summed E-state index contributed by atoms with van der Waals surface area (Å²) in [4.78, 5) is 24.2. The Morgan fingerprint density at radius 1 is 1.26 bits per heavy atom. The SMILES string of the molecule is CC(=O)O[C@@H]1C[C@]2(C)C=C[C@H](O)[C@@]34[C@@H](O)CC[C@@]5(C)CCCC(=CO[C@@]32CCC2=CC(=O)OC2)[C@]154. The topological polar surface area (TPSA) is 102 Å². The normalized spacial score (nSPS) is 49.3. The molecule has 2 aliphatic heterocycles. The van der Waals surface area contributed by atoms with Crippen molar-refractivity contribution in [3.8, 4) is 0 Å². The molecule has 35 heavy (non-hydrogen) atoms. The lowest BCUT2D eigenvalue weighted by atomic mass is 9.26. The zero-order chi connectivity index (χ0) is 24.9. The molecule has 2 N–H and O–H groups in total. The van der Waals surface area contributed by atoms with E-state index in [0.717, 1.165) is 36.8 Å². The van der Waals surface area contributed by atoms with E-state index in [1.807, 2.05) is 18.4 Å². The molecule has 3 fully saturated rings. The summed E-state index contributed by atoms with van der Waals surface area (Å²) >= 11 is 0. The molecule has 0 saturated heterocycles. The predicted octanol–water partition coefficient (Wildman–Crippen LogP) is 3.49. The Bertz CT molecular complexity index is 1080. The van der Waals surface area contributed by atoms with Gasteiger partial charge in [-0.15, -0.1) is 0 Å². The lowest BCUT2D eigenvalue weighted by Gasteiger charge is -2.81. The van der Waals surface area contributed by atoms with E-state index in [1.54, 1.807) is 6.08 Å². The number of rotatable bonds is 4. The van der Waals surface area contributed by atoms with Crippen LogP contribution in [0.1, 0.15) is 72.1 Å². The van der Waals surface area contributed by atoms with Crippen molar-refractivity contribution < 1.29 is 34.0 Å². The first-order valence-corrected chi connectivity index (χ1v) is 13.0. The predicted molar refractivity (Wildman–Crippen MR) is 126 cm³/mol. The van der Waals surface area contributed by atoms with Crippen molar-refractivity contribution in [1.29, 1.82) is 0 Å². The maximum atomic E-state index is 12.5. The second-order valence-electron chi connectivity index (χ2n) is 12.2. The zero-order valence-electron chi connectivity index (χ0n) is 20.8. The third-order valence-electron chi connectivity index (χ3n) is 10.8. The summed E-state index contributed by atoms with van der Waals surface area (Å²) in [6, 6.07) is 0. The number of carbonyl (C=O) groups is 2. The van der Waals surface area contributed by atoms with Crippen LogP contribution < -0.4 is 0 Å². The molecule has 2 spiro atoms. The second-order valence-corrected chi connectivity index (χ2v) is 12.2. The van der Waals surface area contributed by atoms with E-state index in [0.29, 0.717) is 25.7 Å². The van der Waals surface area contributed by atoms with Crippen molar-refractivity contribution in [2.45, 2.75) is 96.1 Å². The number of aliphatic hydroxyl groups is 2. The molecular formula is C28H36O7. The van der Waals surface area contributed by atoms with Crippen LogP contribution in [0.25, 0.3) is 0 Å². The highest BCUT2D eigenvalue weighted by Crippen LogP contribution is 2.82. The summed E-state index contributed by atoms with van der Waals surface area (Å²) in [5.74, 6) is -0.672. The second kappa shape index (κ2) is 7.22. The third kappa shape index (κ3) is 2.49. The number of esters is 2. The van der Waals surface area contributed by atoms with Gasteiger partial charge in [-0.3, -0.25) is 4.79 Å². The quantitative estimate of drug-likeness (QED) is 0.465. The van der Waals surface area contributed by atoms with Crippen LogP contribution in [0.5, 0.6) is 0 Å². The van der Waals surface area contributed by atoms with E-state index in [9.17, 15) is 19.8 Å². The van der Waals surface area contributed by atoms with E-state index in [4.69, 9.17) is 14.2 Å². The molecule has 4 aliphatic carbocycles. The minimum atomic E-state index is -1.09.